The molecular formula is C24H28FN3O4S. The molecule has 3 aliphatic heterocycles. The molecule has 3 aliphatic rings. The first-order valence-electron chi connectivity index (χ1n) is 11.1. The minimum Gasteiger partial charge on any atom is -0.459 e. The normalized spacial score (nSPS) is 22.3. The average Bonchev–Trinajstić information content (AvgIpc) is 3.41. The molecule has 0 spiro atoms. The Morgan fingerprint density at radius 2 is 2.21 bits per heavy atom. The molecule has 1 saturated heterocycles. The smallest absolute Gasteiger partial charge is 0.338 e. The lowest BCUT2D eigenvalue weighted by Gasteiger charge is -2.36. The number of fused-ring (bicyclic) bond motifs is 1. The maximum absolute atomic E-state index is 14.2. The highest BCUT2D eigenvalue weighted by Gasteiger charge is 2.41. The van der Waals surface area contributed by atoms with Crippen molar-refractivity contribution < 1.29 is 23.5 Å². The second kappa shape index (κ2) is 10.1. The average molecular weight is 474 g/mol. The van der Waals surface area contributed by atoms with Crippen molar-refractivity contribution in [3.8, 4) is 0 Å². The quantitative estimate of drug-likeness (QED) is 0.602. The summed E-state index contributed by atoms with van der Waals surface area (Å²) >= 11 is 1.38. The predicted molar refractivity (Wildman–Crippen MR) is 125 cm³/mol. The first kappa shape index (κ1) is 23.5. The van der Waals surface area contributed by atoms with Crippen molar-refractivity contribution in [3.05, 3.63) is 58.0 Å². The molecule has 0 bridgehead atoms. The van der Waals surface area contributed by atoms with E-state index in [4.69, 9.17) is 9.47 Å². The number of allylic oxidation sites excluding steroid dienone is 1. The second-order valence-corrected chi connectivity index (χ2v) is 9.35. The SMILES string of the molecule is CC1=C(C(=O)OC(C)C)[C@H](c2cccc(F)c2)N2C(CC(=O)NC[C@@H]3CCCO3)=CSC2=N1. The van der Waals surface area contributed by atoms with Gasteiger partial charge in [0.1, 0.15) is 5.82 Å². The van der Waals surface area contributed by atoms with Crippen LogP contribution in [0, 0.1) is 5.82 Å². The van der Waals surface area contributed by atoms with Crippen LogP contribution in [0.5, 0.6) is 0 Å². The van der Waals surface area contributed by atoms with Crippen molar-refractivity contribution in [1.82, 2.24) is 10.2 Å². The number of hydrogen-bond acceptors (Lipinski definition) is 7. The molecule has 1 aromatic rings. The molecule has 7 nitrogen and oxygen atoms in total. The Labute approximate surface area is 197 Å². The molecule has 0 aliphatic carbocycles. The molecule has 1 fully saturated rings. The summed E-state index contributed by atoms with van der Waals surface area (Å²) in [6, 6.07) is 5.49. The number of amidine groups is 1. The van der Waals surface area contributed by atoms with E-state index in [9.17, 15) is 14.0 Å². The van der Waals surface area contributed by atoms with E-state index in [1.54, 1.807) is 32.9 Å². The van der Waals surface area contributed by atoms with Crippen molar-refractivity contribution >= 4 is 28.8 Å². The molecule has 3 heterocycles. The Balaban J connectivity index is 1.61. The number of rotatable bonds is 7. The van der Waals surface area contributed by atoms with E-state index >= 15 is 0 Å². The van der Waals surface area contributed by atoms with Crippen LogP contribution in [0.3, 0.4) is 0 Å². The number of hydrogen-bond donors (Lipinski definition) is 1. The molecule has 1 aromatic carbocycles. The predicted octanol–water partition coefficient (Wildman–Crippen LogP) is 4.04. The summed E-state index contributed by atoms with van der Waals surface area (Å²) in [6.07, 6.45) is 1.79. The van der Waals surface area contributed by atoms with Gasteiger partial charge in [-0.05, 0) is 56.7 Å². The minimum absolute atomic E-state index is 0.0519. The number of nitrogens with one attached hydrogen (secondary N) is 1. The van der Waals surface area contributed by atoms with Gasteiger partial charge in [-0.15, -0.1) is 0 Å². The van der Waals surface area contributed by atoms with E-state index in [0.717, 1.165) is 19.4 Å². The molecule has 1 N–H and O–H groups in total. The zero-order chi connectivity index (χ0) is 23.5. The fourth-order valence-electron chi connectivity index (χ4n) is 4.16. The summed E-state index contributed by atoms with van der Waals surface area (Å²) in [5.41, 5.74) is 2.14. The van der Waals surface area contributed by atoms with Crippen molar-refractivity contribution in [2.75, 3.05) is 13.2 Å². The van der Waals surface area contributed by atoms with E-state index in [2.05, 4.69) is 10.3 Å². The second-order valence-electron chi connectivity index (χ2n) is 8.52. The number of halogens is 1. The Kier molecular flexibility index (Phi) is 7.19. The minimum atomic E-state index is -0.647. The highest BCUT2D eigenvalue weighted by Crippen LogP contribution is 2.45. The number of amides is 1. The van der Waals surface area contributed by atoms with Crippen molar-refractivity contribution in [2.24, 2.45) is 4.99 Å². The van der Waals surface area contributed by atoms with Gasteiger partial charge in [-0.2, -0.15) is 0 Å². The Morgan fingerprint density at radius 3 is 2.91 bits per heavy atom. The van der Waals surface area contributed by atoms with Crippen LogP contribution in [0.2, 0.25) is 0 Å². The highest BCUT2D eigenvalue weighted by molar-refractivity contribution is 8.16. The molecule has 9 heteroatoms. The number of esters is 1. The summed E-state index contributed by atoms with van der Waals surface area (Å²) in [4.78, 5) is 32.2. The van der Waals surface area contributed by atoms with Gasteiger partial charge in [-0.3, -0.25) is 4.79 Å². The van der Waals surface area contributed by atoms with Crippen LogP contribution in [0.15, 0.2) is 51.6 Å². The standard InChI is InChI=1S/C24H28FN3O4S/c1-14(2)32-23(30)21-15(3)27-24-28(22(21)16-6-4-7-17(25)10-16)18(13-33-24)11-20(29)26-12-19-8-5-9-31-19/h4,6-7,10,13-14,19,22H,5,8-9,11-12H2,1-3H3,(H,26,29)/t19-,22-/m0/s1. The topological polar surface area (TPSA) is 80.2 Å². The van der Waals surface area contributed by atoms with Gasteiger partial charge in [-0.1, -0.05) is 23.9 Å². The third kappa shape index (κ3) is 5.30. The summed E-state index contributed by atoms with van der Waals surface area (Å²) in [6.45, 7) is 6.50. The molecule has 176 valence electrons. The molecule has 33 heavy (non-hydrogen) atoms. The van der Waals surface area contributed by atoms with Crippen LogP contribution < -0.4 is 5.32 Å². The summed E-state index contributed by atoms with van der Waals surface area (Å²) in [7, 11) is 0. The fraction of sp³-hybridized carbons (Fsp3) is 0.458. The van der Waals surface area contributed by atoms with E-state index in [-0.39, 0.29) is 24.5 Å². The zero-order valence-electron chi connectivity index (χ0n) is 19.0. The lowest BCUT2D eigenvalue weighted by atomic mass is 9.93. The van der Waals surface area contributed by atoms with Gasteiger partial charge in [0.2, 0.25) is 5.91 Å². The van der Waals surface area contributed by atoms with Gasteiger partial charge in [0.05, 0.1) is 35.9 Å². The number of benzene rings is 1. The van der Waals surface area contributed by atoms with Crippen molar-refractivity contribution in [2.45, 2.75) is 58.3 Å². The molecule has 1 amide bonds. The summed E-state index contributed by atoms with van der Waals surface area (Å²) < 4.78 is 25.2. The van der Waals surface area contributed by atoms with E-state index < -0.39 is 17.8 Å². The number of nitrogens with zero attached hydrogens (tertiary/aromatic N) is 2. The van der Waals surface area contributed by atoms with E-state index in [1.807, 2.05) is 10.3 Å². The van der Waals surface area contributed by atoms with Crippen LogP contribution in [-0.2, 0) is 19.1 Å². The highest BCUT2D eigenvalue weighted by atomic mass is 32.2. The number of carbonyl (C=O) groups excluding carboxylic acids is 2. The number of carbonyl (C=O) groups is 2. The molecule has 2 atom stereocenters. The van der Waals surface area contributed by atoms with Crippen LogP contribution >= 0.6 is 11.8 Å². The third-order valence-electron chi connectivity index (χ3n) is 5.62. The Morgan fingerprint density at radius 1 is 1.39 bits per heavy atom. The van der Waals surface area contributed by atoms with Crippen LogP contribution in [0.4, 0.5) is 4.39 Å². The number of thioether (sulfide) groups is 1. The summed E-state index contributed by atoms with van der Waals surface area (Å²) in [5, 5.41) is 5.44. The lowest BCUT2D eigenvalue weighted by molar-refractivity contribution is -0.143. The third-order valence-corrected chi connectivity index (χ3v) is 6.51. The van der Waals surface area contributed by atoms with Crippen molar-refractivity contribution in [1.29, 1.82) is 0 Å². The van der Waals surface area contributed by atoms with Gasteiger partial charge in [-0.25, -0.2) is 14.2 Å². The maximum atomic E-state index is 14.2. The van der Waals surface area contributed by atoms with Gasteiger partial charge in [0.15, 0.2) is 5.17 Å². The van der Waals surface area contributed by atoms with Gasteiger partial charge in [0, 0.05) is 18.8 Å². The summed E-state index contributed by atoms with van der Waals surface area (Å²) in [5.74, 6) is -1.05. The van der Waals surface area contributed by atoms with Crippen LogP contribution in [0.25, 0.3) is 0 Å². The first-order chi connectivity index (χ1) is 15.8. The van der Waals surface area contributed by atoms with Crippen molar-refractivity contribution in [3.63, 3.8) is 0 Å². The fourth-order valence-corrected chi connectivity index (χ4v) is 5.12. The zero-order valence-corrected chi connectivity index (χ0v) is 19.8. The van der Waals surface area contributed by atoms with Crippen LogP contribution in [0.1, 0.15) is 51.6 Å². The number of aliphatic imine (C=N–C) groups is 1. The lowest BCUT2D eigenvalue weighted by Crippen LogP contribution is -2.39. The maximum Gasteiger partial charge on any atom is 0.338 e. The first-order valence-corrected chi connectivity index (χ1v) is 12.0. The molecule has 0 aromatic heterocycles. The Bertz CT molecular complexity index is 1030. The molecular weight excluding hydrogens is 445 g/mol. The van der Waals surface area contributed by atoms with Crippen LogP contribution in [-0.4, -0.2) is 47.3 Å². The van der Waals surface area contributed by atoms with Gasteiger partial charge in [0.25, 0.3) is 0 Å². The van der Waals surface area contributed by atoms with E-state index in [0.29, 0.717) is 34.2 Å². The Hall–Kier alpha value is -2.65. The molecule has 4 rings (SSSR count). The number of ether oxygens (including phenoxy) is 2. The van der Waals surface area contributed by atoms with Gasteiger partial charge < -0.3 is 19.7 Å². The largest absolute Gasteiger partial charge is 0.459 e. The molecule has 0 unspecified atom stereocenters. The van der Waals surface area contributed by atoms with E-state index in [1.165, 1.54) is 23.9 Å². The monoisotopic (exact) mass is 473 g/mol. The van der Waals surface area contributed by atoms with Gasteiger partial charge >= 0.3 is 5.97 Å². The molecule has 0 saturated carbocycles. The molecule has 0 radical (unpaired) electrons.